The molecule has 0 spiro atoms. The highest BCUT2D eigenvalue weighted by Crippen LogP contribution is 2.18. The van der Waals surface area contributed by atoms with Crippen LogP contribution < -0.4 is 10.0 Å². The van der Waals surface area contributed by atoms with Crippen molar-refractivity contribution in [3.63, 3.8) is 0 Å². The number of benzene rings is 1. The molecule has 3 N–H and O–H groups in total. The Morgan fingerprint density at radius 2 is 1.92 bits per heavy atom. The highest BCUT2D eigenvalue weighted by molar-refractivity contribution is 7.89. The minimum atomic E-state index is -4.19. The third-order valence-corrected chi connectivity index (χ3v) is 4.89. The van der Waals surface area contributed by atoms with Gasteiger partial charge in [-0.15, -0.1) is 0 Å². The number of esters is 1. The summed E-state index contributed by atoms with van der Waals surface area (Å²) in [7, 11) is -4.19. The number of sulfonamides is 1. The number of aliphatic hydroxyl groups excluding tert-OH is 1. The molecule has 2 rings (SSSR count). The monoisotopic (exact) mass is 374 g/mol. The average Bonchev–Trinajstić information content (AvgIpc) is 3.34. The van der Waals surface area contributed by atoms with Gasteiger partial charge in [0.25, 0.3) is 5.91 Å². The first-order valence-corrected chi connectivity index (χ1v) is 9.09. The van der Waals surface area contributed by atoms with Gasteiger partial charge in [0.1, 0.15) is 11.9 Å². The van der Waals surface area contributed by atoms with Gasteiger partial charge in [0.15, 0.2) is 6.61 Å². The molecule has 0 aromatic heterocycles. The summed E-state index contributed by atoms with van der Waals surface area (Å²) in [5, 5.41) is 12.3. The topological polar surface area (TPSA) is 122 Å². The van der Waals surface area contributed by atoms with Gasteiger partial charge in [0.2, 0.25) is 10.0 Å². The summed E-state index contributed by atoms with van der Waals surface area (Å²) in [6.45, 7) is 0.625. The zero-order valence-corrected chi connectivity index (χ0v) is 14.3. The van der Waals surface area contributed by atoms with Crippen molar-refractivity contribution >= 4 is 21.9 Å². The quantitative estimate of drug-likeness (QED) is 0.536. The molecule has 1 saturated carbocycles. The fraction of sp³-hybridized carbons (Fsp3) is 0.467. The molecular formula is C15H19FN2O6S. The van der Waals surface area contributed by atoms with Gasteiger partial charge in [0.05, 0.1) is 11.0 Å². The van der Waals surface area contributed by atoms with Crippen molar-refractivity contribution in [2.45, 2.75) is 42.8 Å². The van der Waals surface area contributed by atoms with Crippen LogP contribution in [0.5, 0.6) is 0 Å². The van der Waals surface area contributed by atoms with Gasteiger partial charge in [-0.3, -0.25) is 9.59 Å². The molecule has 2 atom stereocenters. The normalized spacial score (nSPS) is 16.8. The van der Waals surface area contributed by atoms with E-state index in [1.165, 1.54) is 6.92 Å². The van der Waals surface area contributed by atoms with E-state index in [9.17, 15) is 27.5 Å². The third kappa shape index (κ3) is 5.76. The van der Waals surface area contributed by atoms with E-state index in [1.54, 1.807) is 0 Å². The van der Waals surface area contributed by atoms with Crippen molar-refractivity contribution in [1.29, 1.82) is 0 Å². The summed E-state index contributed by atoms with van der Waals surface area (Å²) < 4.78 is 44.1. The van der Waals surface area contributed by atoms with Gasteiger partial charge in [0, 0.05) is 6.04 Å². The molecule has 0 saturated heterocycles. The van der Waals surface area contributed by atoms with Crippen molar-refractivity contribution < 1.29 is 32.2 Å². The molecule has 0 bridgehead atoms. The Hall–Kier alpha value is -2.04. The Morgan fingerprint density at radius 3 is 2.44 bits per heavy atom. The molecule has 1 aliphatic carbocycles. The lowest BCUT2D eigenvalue weighted by Gasteiger charge is -2.20. The number of aliphatic hydroxyl groups is 1. The number of nitrogens with one attached hydrogen (secondary N) is 2. The molecule has 138 valence electrons. The first-order valence-electron chi connectivity index (χ1n) is 7.61. The number of ether oxygens (including phenoxy) is 1. The molecule has 0 unspecified atom stereocenters. The molecule has 10 heteroatoms. The number of amides is 1. The predicted octanol–water partition coefficient (Wildman–Crippen LogP) is -0.325. The molecule has 1 aromatic rings. The maximum Gasteiger partial charge on any atom is 0.327 e. The minimum Gasteiger partial charge on any atom is -0.454 e. The molecule has 0 radical (unpaired) electrons. The van der Waals surface area contributed by atoms with E-state index in [1.807, 2.05) is 4.72 Å². The molecule has 1 aliphatic rings. The van der Waals surface area contributed by atoms with Crippen LogP contribution in [0.2, 0.25) is 0 Å². The van der Waals surface area contributed by atoms with Gasteiger partial charge in [-0.1, -0.05) is 0 Å². The number of halogens is 1. The van der Waals surface area contributed by atoms with Crippen LogP contribution >= 0.6 is 0 Å². The van der Waals surface area contributed by atoms with E-state index in [0.717, 1.165) is 37.1 Å². The minimum absolute atomic E-state index is 0.0933. The van der Waals surface area contributed by atoms with Crippen molar-refractivity contribution in [3.8, 4) is 0 Å². The van der Waals surface area contributed by atoms with E-state index in [-0.39, 0.29) is 10.9 Å². The summed E-state index contributed by atoms with van der Waals surface area (Å²) in [5.41, 5.74) is 0. The summed E-state index contributed by atoms with van der Waals surface area (Å²) in [6, 6.07) is 2.43. The number of rotatable bonds is 8. The second-order valence-electron chi connectivity index (χ2n) is 5.74. The Bertz CT molecular complexity index is 731. The second-order valence-corrected chi connectivity index (χ2v) is 7.46. The molecule has 25 heavy (non-hydrogen) atoms. The molecule has 1 fully saturated rings. The second kappa shape index (κ2) is 7.89. The van der Waals surface area contributed by atoms with Gasteiger partial charge in [-0.2, -0.15) is 4.72 Å². The Kier molecular flexibility index (Phi) is 6.09. The van der Waals surface area contributed by atoms with Crippen molar-refractivity contribution in [1.82, 2.24) is 10.0 Å². The van der Waals surface area contributed by atoms with E-state index in [0.29, 0.717) is 0 Å². The molecule has 1 aromatic carbocycles. The smallest absolute Gasteiger partial charge is 0.327 e. The van der Waals surface area contributed by atoms with Crippen LogP contribution in [0.3, 0.4) is 0 Å². The van der Waals surface area contributed by atoms with Crippen LogP contribution in [-0.2, 0) is 24.3 Å². The summed E-state index contributed by atoms with van der Waals surface area (Å²) in [4.78, 5) is 23.2. The Morgan fingerprint density at radius 1 is 1.32 bits per heavy atom. The maximum absolute atomic E-state index is 12.9. The van der Waals surface area contributed by atoms with E-state index in [4.69, 9.17) is 4.74 Å². The van der Waals surface area contributed by atoms with Gasteiger partial charge in [-0.05, 0) is 44.0 Å². The Labute approximate surface area is 144 Å². The fourth-order valence-electron chi connectivity index (χ4n) is 1.92. The van der Waals surface area contributed by atoms with Crippen LogP contribution in [-0.4, -0.2) is 50.2 Å². The first kappa shape index (κ1) is 19.3. The zero-order chi connectivity index (χ0) is 18.6. The van der Waals surface area contributed by atoms with Gasteiger partial charge >= 0.3 is 5.97 Å². The van der Waals surface area contributed by atoms with Gasteiger partial charge < -0.3 is 15.2 Å². The van der Waals surface area contributed by atoms with Crippen LogP contribution in [0.25, 0.3) is 0 Å². The van der Waals surface area contributed by atoms with Crippen LogP contribution in [0.4, 0.5) is 4.39 Å². The first-order chi connectivity index (χ1) is 11.7. The highest BCUT2D eigenvalue weighted by atomic mass is 32.2. The number of carbonyl (C=O) groups excluding carboxylic acids is 2. The molecule has 0 heterocycles. The third-order valence-electron chi connectivity index (χ3n) is 3.43. The van der Waals surface area contributed by atoms with Crippen LogP contribution in [0, 0.1) is 5.82 Å². The van der Waals surface area contributed by atoms with E-state index >= 15 is 0 Å². The van der Waals surface area contributed by atoms with Crippen molar-refractivity contribution in [2.75, 3.05) is 6.61 Å². The van der Waals surface area contributed by atoms with Crippen LogP contribution in [0.1, 0.15) is 19.8 Å². The van der Waals surface area contributed by atoms with E-state index < -0.39 is 46.5 Å². The fourth-order valence-corrected chi connectivity index (χ4v) is 3.17. The number of carbonyl (C=O) groups is 2. The Balaban J connectivity index is 1.99. The largest absolute Gasteiger partial charge is 0.454 e. The van der Waals surface area contributed by atoms with Crippen molar-refractivity contribution in [2.24, 2.45) is 0 Å². The predicted molar refractivity (Wildman–Crippen MR) is 84.3 cm³/mol. The summed E-state index contributed by atoms with van der Waals surface area (Å²) in [5.74, 6) is -2.21. The number of hydrogen-bond acceptors (Lipinski definition) is 6. The lowest BCUT2D eigenvalue weighted by Crippen LogP contribution is -2.49. The lowest BCUT2D eigenvalue weighted by molar-refractivity contribution is -0.152. The lowest BCUT2D eigenvalue weighted by atomic mass is 10.2. The molecule has 1 amide bonds. The van der Waals surface area contributed by atoms with Crippen molar-refractivity contribution in [3.05, 3.63) is 30.1 Å². The average molecular weight is 374 g/mol. The molecule has 0 aliphatic heterocycles. The summed E-state index contributed by atoms with van der Waals surface area (Å²) in [6.07, 6.45) is 0.329. The highest BCUT2D eigenvalue weighted by Gasteiger charge is 2.32. The SMILES string of the molecule is C[C@H](O)[C@@H](NS(=O)(=O)c1ccc(F)cc1)C(=O)OCC(=O)NC1CC1. The maximum atomic E-state index is 12.9. The van der Waals surface area contributed by atoms with E-state index in [2.05, 4.69) is 5.32 Å². The molecular weight excluding hydrogens is 355 g/mol. The zero-order valence-electron chi connectivity index (χ0n) is 13.4. The van der Waals surface area contributed by atoms with Gasteiger partial charge in [-0.25, -0.2) is 12.8 Å². The molecule has 8 nitrogen and oxygen atoms in total. The van der Waals surface area contributed by atoms with Crippen LogP contribution in [0.15, 0.2) is 29.2 Å². The summed E-state index contributed by atoms with van der Waals surface area (Å²) >= 11 is 0. The number of hydrogen-bond donors (Lipinski definition) is 3. The standard InChI is InChI=1S/C15H19FN2O6S/c1-9(19)14(15(21)24-8-13(20)17-11-4-5-11)18-25(22,23)12-6-2-10(16)3-7-12/h2-3,6-7,9,11,14,18-19H,4-5,8H2,1H3,(H,17,20)/t9-,14+/m0/s1.